The first-order valence-corrected chi connectivity index (χ1v) is 11.9. The molecule has 4 rings (SSSR count). The fourth-order valence-corrected chi connectivity index (χ4v) is 3.62. The van der Waals surface area contributed by atoms with Crippen LogP contribution in [0.3, 0.4) is 0 Å². The van der Waals surface area contributed by atoms with Crippen molar-refractivity contribution in [2.75, 3.05) is 24.3 Å². The molecule has 0 fully saturated rings. The quantitative estimate of drug-likeness (QED) is 0.511. The number of aromatic nitrogens is 3. The number of amides is 1. The van der Waals surface area contributed by atoms with Crippen LogP contribution in [0.25, 0.3) is 0 Å². The molecule has 182 valence electrons. The smallest absolute Gasteiger partial charge is 0.229 e. The first kappa shape index (κ1) is 24.6. The van der Waals surface area contributed by atoms with E-state index in [1.165, 1.54) is 4.79 Å². The van der Waals surface area contributed by atoms with Gasteiger partial charge < -0.3 is 10.2 Å². The van der Waals surface area contributed by atoms with Crippen LogP contribution < -0.4 is 10.2 Å². The molecule has 1 aliphatic rings. The molecule has 0 unspecified atom stereocenters. The van der Waals surface area contributed by atoms with Gasteiger partial charge in [0.25, 0.3) is 0 Å². The molecule has 0 saturated heterocycles. The van der Waals surface area contributed by atoms with Crippen molar-refractivity contribution in [1.82, 2.24) is 14.9 Å². The van der Waals surface area contributed by atoms with Crippen LogP contribution >= 0.6 is 11.6 Å². The predicted molar refractivity (Wildman–Crippen MR) is 143 cm³/mol. The summed E-state index contributed by atoms with van der Waals surface area (Å²) in [6.45, 7) is 9.68. The van der Waals surface area contributed by atoms with Crippen molar-refractivity contribution < 1.29 is 4.79 Å². The molecule has 3 aromatic rings. The van der Waals surface area contributed by atoms with E-state index >= 15 is 0 Å². The third-order valence-electron chi connectivity index (χ3n) is 5.54. The molecule has 0 aliphatic carbocycles. The highest BCUT2D eigenvalue weighted by Gasteiger charge is 2.31. The van der Waals surface area contributed by atoms with Crippen molar-refractivity contribution in [2.45, 2.75) is 40.5 Å². The maximum atomic E-state index is 12.9. The van der Waals surface area contributed by atoms with Crippen LogP contribution in [0.15, 0.2) is 52.6 Å². The molecule has 2 aromatic carbocycles. The fraction of sp³-hybridized carbons (Fsp3) is 0.346. The van der Waals surface area contributed by atoms with E-state index in [0.717, 1.165) is 11.3 Å². The second-order valence-corrected chi connectivity index (χ2v) is 10.4. The number of hydrogen-bond donors (Lipinski definition) is 1. The Morgan fingerprint density at radius 2 is 1.86 bits per heavy atom. The Hall–Kier alpha value is -3.52. The number of fused-ring (bicyclic) bond motifs is 1. The molecule has 0 saturated carbocycles. The molecular weight excluding hydrogens is 462 g/mol. The molecule has 2 heterocycles. The number of carbonyl (C=O) groups is 1. The van der Waals surface area contributed by atoms with E-state index in [1.807, 2.05) is 96.1 Å². The van der Waals surface area contributed by atoms with E-state index < -0.39 is 5.41 Å². The van der Waals surface area contributed by atoms with E-state index in [-0.39, 0.29) is 11.8 Å². The summed E-state index contributed by atoms with van der Waals surface area (Å²) >= 11 is 6.52. The number of hydrogen-bond acceptors (Lipinski definition) is 6. The zero-order chi connectivity index (χ0) is 25.5. The lowest BCUT2D eigenvalue weighted by Gasteiger charge is -2.20. The van der Waals surface area contributed by atoms with Gasteiger partial charge in [-0.15, -0.1) is 15.0 Å². The van der Waals surface area contributed by atoms with Crippen LogP contribution in [0, 0.1) is 5.41 Å². The van der Waals surface area contributed by atoms with Crippen LogP contribution in [0.2, 0.25) is 5.02 Å². The van der Waals surface area contributed by atoms with Gasteiger partial charge in [0.05, 0.1) is 16.4 Å². The van der Waals surface area contributed by atoms with E-state index in [1.54, 1.807) is 0 Å². The van der Waals surface area contributed by atoms with Crippen LogP contribution in [-0.4, -0.2) is 46.3 Å². The van der Waals surface area contributed by atoms with Gasteiger partial charge in [-0.25, -0.2) is 9.98 Å². The van der Waals surface area contributed by atoms with Gasteiger partial charge in [-0.1, -0.05) is 64.4 Å². The Balaban J connectivity index is 1.89. The SMILES string of the molecule is CC(C)c1nc2n(n1)N=C(c1ccccc1Cl)C2=Nc1ccc(N(C)C)cc1NC(=O)C(C)(C)C. The largest absolute Gasteiger partial charge is 0.378 e. The van der Waals surface area contributed by atoms with Gasteiger partial charge in [0.2, 0.25) is 11.7 Å². The maximum absolute atomic E-state index is 12.9. The molecule has 1 N–H and O–H groups in total. The normalized spacial score (nSPS) is 14.3. The number of nitrogens with one attached hydrogen (secondary N) is 1. The van der Waals surface area contributed by atoms with E-state index in [0.29, 0.717) is 39.5 Å². The zero-order valence-corrected chi connectivity index (χ0v) is 21.8. The summed E-state index contributed by atoms with van der Waals surface area (Å²) in [4.78, 5) is 26.0. The lowest BCUT2D eigenvalue weighted by atomic mass is 9.95. The average Bonchev–Trinajstić information content (AvgIpc) is 3.34. The number of aliphatic imine (C=N–C) groups is 1. The molecule has 1 amide bonds. The Labute approximate surface area is 210 Å². The Morgan fingerprint density at radius 3 is 2.49 bits per heavy atom. The van der Waals surface area contributed by atoms with Gasteiger partial charge in [-0.3, -0.25) is 4.79 Å². The third-order valence-corrected chi connectivity index (χ3v) is 5.87. The second kappa shape index (κ2) is 9.26. The van der Waals surface area contributed by atoms with E-state index in [9.17, 15) is 4.79 Å². The Morgan fingerprint density at radius 1 is 1.14 bits per heavy atom. The molecule has 9 heteroatoms. The van der Waals surface area contributed by atoms with Gasteiger partial charge in [-0.05, 0) is 24.3 Å². The molecule has 0 radical (unpaired) electrons. The molecule has 8 nitrogen and oxygen atoms in total. The topological polar surface area (TPSA) is 87.8 Å². The summed E-state index contributed by atoms with van der Waals surface area (Å²) in [5, 5.41) is 12.8. The number of nitrogens with zero attached hydrogens (tertiary/aromatic N) is 6. The monoisotopic (exact) mass is 491 g/mol. The number of carbonyl (C=O) groups excluding carboxylic acids is 1. The Kier molecular flexibility index (Phi) is 6.51. The summed E-state index contributed by atoms with van der Waals surface area (Å²) in [6.07, 6.45) is 0. The highest BCUT2D eigenvalue weighted by Crippen LogP contribution is 2.33. The predicted octanol–water partition coefficient (Wildman–Crippen LogP) is 5.49. The Bertz CT molecular complexity index is 1350. The van der Waals surface area contributed by atoms with E-state index in [4.69, 9.17) is 21.6 Å². The lowest BCUT2D eigenvalue weighted by Crippen LogP contribution is -2.27. The molecule has 1 aliphatic heterocycles. The minimum Gasteiger partial charge on any atom is -0.378 e. The minimum absolute atomic E-state index is 0.105. The highest BCUT2D eigenvalue weighted by molar-refractivity contribution is 6.56. The summed E-state index contributed by atoms with van der Waals surface area (Å²) in [6, 6.07) is 13.2. The molecule has 0 atom stereocenters. The zero-order valence-electron chi connectivity index (χ0n) is 21.1. The van der Waals surface area contributed by atoms with Gasteiger partial charge in [0.15, 0.2) is 5.82 Å². The van der Waals surface area contributed by atoms with Crippen molar-refractivity contribution >= 4 is 46.0 Å². The minimum atomic E-state index is -0.567. The van der Waals surface area contributed by atoms with Crippen molar-refractivity contribution in [3.63, 3.8) is 0 Å². The molecule has 0 spiro atoms. The lowest BCUT2D eigenvalue weighted by molar-refractivity contribution is -0.123. The first-order valence-electron chi connectivity index (χ1n) is 11.5. The van der Waals surface area contributed by atoms with Crippen molar-refractivity contribution in [3.8, 4) is 0 Å². The van der Waals surface area contributed by atoms with Crippen LogP contribution in [0.5, 0.6) is 0 Å². The number of anilines is 2. The van der Waals surface area contributed by atoms with Crippen LogP contribution in [0.4, 0.5) is 17.1 Å². The summed E-state index contributed by atoms with van der Waals surface area (Å²) in [5.74, 6) is 1.24. The van der Waals surface area contributed by atoms with Gasteiger partial charge in [0, 0.05) is 36.7 Å². The van der Waals surface area contributed by atoms with Gasteiger partial charge in [0.1, 0.15) is 11.4 Å². The summed E-state index contributed by atoms with van der Waals surface area (Å²) < 4.78 is 0. The van der Waals surface area contributed by atoms with Crippen LogP contribution in [0.1, 0.15) is 57.7 Å². The number of benzene rings is 2. The van der Waals surface area contributed by atoms with Crippen molar-refractivity contribution in [2.24, 2.45) is 15.5 Å². The van der Waals surface area contributed by atoms with Crippen LogP contribution in [-0.2, 0) is 4.79 Å². The van der Waals surface area contributed by atoms with Crippen molar-refractivity contribution in [1.29, 1.82) is 0 Å². The highest BCUT2D eigenvalue weighted by atomic mass is 35.5. The third kappa shape index (κ3) is 4.98. The van der Waals surface area contributed by atoms with Gasteiger partial charge >= 0.3 is 0 Å². The molecule has 1 aromatic heterocycles. The molecule has 0 bridgehead atoms. The summed E-state index contributed by atoms with van der Waals surface area (Å²) in [5.41, 5.74) is 3.41. The fourth-order valence-electron chi connectivity index (χ4n) is 3.40. The standard InChI is InChI=1S/C26H30ClN7O/c1-15(2)23-30-24-22(21(31-34(24)32-23)17-10-8-9-11-18(17)27)28-19-13-12-16(33(6)7)14-20(19)29-25(35)26(3,4)5/h8-15H,1-7H3,(H,29,35). The maximum Gasteiger partial charge on any atom is 0.229 e. The molecular formula is C26H30ClN7O. The summed E-state index contributed by atoms with van der Waals surface area (Å²) in [7, 11) is 3.90. The molecule has 35 heavy (non-hydrogen) atoms. The first-order chi connectivity index (χ1) is 16.5. The van der Waals surface area contributed by atoms with Crippen molar-refractivity contribution in [3.05, 3.63) is 64.7 Å². The number of halogens is 1. The van der Waals surface area contributed by atoms with E-state index in [2.05, 4.69) is 15.5 Å². The second-order valence-electron chi connectivity index (χ2n) is 10.0. The average molecular weight is 492 g/mol. The van der Waals surface area contributed by atoms with Gasteiger partial charge in [-0.2, -0.15) is 0 Å². The number of rotatable bonds is 5.